The summed E-state index contributed by atoms with van der Waals surface area (Å²) >= 11 is 0. The number of ether oxygens (including phenoxy) is 1. The summed E-state index contributed by atoms with van der Waals surface area (Å²) in [6.45, 7) is 1.86. The summed E-state index contributed by atoms with van der Waals surface area (Å²) in [5.74, 6) is -0.156. The minimum atomic E-state index is -0.699. The van der Waals surface area contributed by atoms with E-state index in [-0.39, 0.29) is 30.2 Å². The minimum Gasteiger partial charge on any atom is -0.497 e. The van der Waals surface area contributed by atoms with Gasteiger partial charge in [0.05, 0.1) is 7.11 Å². The molecular weight excluding hydrogens is 371 g/mol. The van der Waals surface area contributed by atoms with Crippen LogP contribution in [0.4, 0.5) is 4.39 Å². The first kappa shape index (κ1) is 20.6. The third kappa shape index (κ3) is 5.67. The fourth-order valence-electron chi connectivity index (χ4n) is 3.04. The van der Waals surface area contributed by atoms with Crippen LogP contribution in [0, 0.1) is 5.82 Å². The van der Waals surface area contributed by atoms with E-state index in [2.05, 4.69) is 5.32 Å². The van der Waals surface area contributed by atoms with Crippen LogP contribution in [0.2, 0.25) is 0 Å². The van der Waals surface area contributed by atoms with Gasteiger partial charge in [-0.1, -0.05) is 30.3 Å². The molecule has 1 aliphatic rings. The Bertz CT molecular complexity index is 891. The molecular formula is C23H25FN2O3. The second kappa shape index (κ2) is 9.37. The van der Waals surface area contributed by atoms with E-state index in [1.165, 1.54) is 12.1 Å². The van der Waals surface area contributed by atoms with Gasteiger partial charge in [-0.3, -0.25) is 9.59 Å². The second-order valence-corrected chi connectivity index (χ2v) is 7.13. The monoisotopic (exact) mass is 396 g/mol. The summed E-state index contributed by atoms with van der Waals surface area (Å²) in [6, 6.07) is 13.1. The van der Waals surface area contributed by atoms with Gasteiger partial charge in [0, 0.05) is 24.2 Å². The second-order valence-electron chi connectivity index (χ2n) is 7.13. The SMILES string of the molecule is COc1ccc(/C=C/C(=O)NC(C)C(=O)N(Cc2ccccc2F)C2CC2)cc1. The molecule has 1 unspecified atom stereocenters. The maximum absolute atomic E-state index is 14.0. The summed E-state index contributed by atoms with van der Waals surface area (Å²) in [5.41, 5.74) is 1.32. The average molecular weight is 396 g/mol. The fourth-order valence-corrected chi connectivity index (χ4v) is 3.04. The van der Waals surface area contributed by atoms with Crippen LogP contribution in [0.1, 0.15) is 30.9 Å². The Labute approximate surface area is 170 Å². The van der Waals surface area contributed by atoms with Crippen LogP contribution in [0.15, 0.2) is 54.6 Å². The van der Waals surface area contributed by atoms with Gasteiger partial charge in [0.2, 0.25) is 11.8 Å². The van der Waals surface area contributed by atoms with Crippen LogP contribution < -0.4 is 10.1 Å². The zero-order chi connectivity index (χ0) is 20.8. The van der Waals surface area contributed by atoms with Crippen LogP contribution >= 0.6 is 0 Å². The highest BCUT2D eigenvalue weighted by Crippen LogP contribution is 2.29. The molecule has 1 N–H and O–H groups in total. The minimum absolute atomic E-state index is 0.108. The molecule has 3 rings (SSSR count). The molecule has 0 radical (unpaired) electrons. The van der Waals surface area contributed by atoms with Crippen molar-refractivity contribution in [1.82, 2.24) is 10.2 Å². The number of amides is 2. The molecule has 1 aliphatic carbocycles. The predicted octanol–water partition coefficient (Wildman–Crippen LogP) is 3.54. The first-order chi connectivity index (χ1) is 14.0. The number of hydrogen-bond acceptors (Lipinski definition) is 3. The number of rotatable bonds is 8. The Morgan fingerprint density at radius 3 is 2.52 bits per heavy atom. The van der Waals surface area contributed by atoms with Gasteiger partial charge in [0.15, 0.2) is 0 Å². The molecule has 5 nitrogen and oxygen atoms in total. The van der Waals surface area contributed by atoms with Crippen LogP contribution in [-0.4, -0.2) is 35.9 Å². The number of halogens is 1. The van der Waals surface area contributed by atoms with Gasteiger partial charge in [-0.25, -0.2) is 4.39 Å². The molecule has 152 valence electrons. The van der Waals surface area contributed by atoms with Crippen molar-refractivity contribution in [3.63, 3.8) is 0 Å². The first-order valence-corrected chi connectivity index (χ1v) is 9.64. The number of methoxy groups -OCH3 is 1. The lowest BCUT2D eigenvalue weighted by molar-refractivity contribution is -0.136. The highest BCUT2D eigenvalue weighted by molar-refractivity contribution is 5.95. The zero-order valence-corrected chi connectivity index (χ0v) is 16.6. The molecule has 2 amide bonds. The fraction of sp³-hybridized carbons (Fsp3) is 0.304. The van der Waals surface area contributed by atoms with Crippen molar-refractivity contribution in [1.29, 1.82) is 0 Å². The van der Waals surface area contributed by atoms with E-state index in [4.69, 9.17) is 4.74 Å². The maximum atomic E-state index is 14.0. The van der Waals surface area contributed by atoms with Gasteiger partial charge in [0.1, 0.15) is 17.6 Å². The third-order valence-corrected chi connectivity index (χ3v) is 4.84. The Morgan fingerprint density at radius 1 is 1.21 bits per heavy atom. The van der Waals surface area contributed by atoms with Crippen molar-refractivity contribution in [3.05, 3.63) is 71.6 Å². The van der Waals surface area contributed by atoms with E-state index in [9.17, 15) is 14.0 Å². The molecule has 0 aromatic heterocycles. The largest absolute Gasteiger partial charge is 0.497 e. The van der Waals surface area contributed by atoms with Crippen LogP contribution in [0.25, 0.3) is 6.08 Å². The van der Waals surface area contributed by atoms with E-state index in [1.54, 1.807) is 55.3 Å². The number of hydrogen-bond donors (Lipinski definition) is 1. The topological polar surface area (TPSA) is 58.6 Å². The van der Waals surface area contributed by atoms with Gasteiger partial charge < -0.3 is 15.0 Å². The Balaban J connectivity index is 1.59. The van der Waals surface area contributed by atoms with Crippen molar-refractivity contribution in [2.75, 3.05) is 7.11 Å². The van der Waals surface area contributed by atoms with E-state index in [1.807, 2.05) is 12.1 Å². The molecule has 0 heterocycles. The Morgan fingerprint density at radius 2 is 1.90 bits per heavy atom. The van der Waals surface area contributed by atoms with E-state index < -0.39 is 6.04 Å². The normalized spacial score (nSPS) is 14.4. The van der Waals surface area contributed by atoms with Crippen LogP contribution in [0.5, 0.6) is 5.75 Å². The van der Waals surface area contributed by atoms with Crippen molar-refractivity contribution < 1.29 is 18.7 Å². The van der Waals surface area contributed by atoms with Gasteiger partial charge >= 0.3 is 0 Å². The molecule has 0 spiro atoms. The molecule has 0 saturated heterocycles. The average Bonchev–Trinajstić information content (AvgIpc) is 3.56. The number of carbonyl (C=O) groups excluding carboxylic acids is 2. The molecule has 2 aromatic rings. The summed E-state index contributed by atoms with van der Waals surface area (Å²) < 4.78 is 19.1. The lowest BCUT2D eigenvalue weighted by Crippen LogP contribution is -2.47. The molecule has 1 saturated carbocycles. The first-order valence-electron chi connectivity index (χ1n) is 9.64. The summed E-state index contributed by atoms with van der Waals surface area (Å²) in [4.78, 5) is 26.8. The van der Waals surface area contributed by atoms with Crippen molar-refractivity contribution in [2.24, 2.45) is 0 Å². The molecule has 1 fully saturated rings. The molecule has 6 heteroatoms. The highest BCUT2D eigenvalue weighted by atomic mass is 19.1. The number of carbonyl (C=O) groups is 2. The van der Waals surface area contributed by atoms with Gasteiger partial charge in [-0.05, 0) is 49.6 Å². The number of nitrogens with one attached hydrogen (secondary N) is 1. The van der Waals surface area contributed by atoms with E-state index in [0.29, 0.717) is 5.56 Å². The van der Waals surface area contributed by atoms with E-state index in [0.717, 1.165) is 24.2 Å². The molecule has 0 bridgehead atoms. The van der Waals surface area contributed by atoms with Gasteiger partial charge in [-0.2, -0.15) is 0 Å². The lowest BCUT2D eigenvalue weighted by Gasteiger charge is -2.26. The van der Waals surface area contributed by atoms with Crippen molar-refractivity contribution in [3.8, 4) is 5.75 Å². The Hall–Kier alpha value is -3.15. The van der Waals surface area contributed by atoms with E-state index >= 15 is 0 Å². The standard InChI is InChI=1S/C23H25FN2O3/c1-16(25-22(27)14-9-17-7-12-20(29-2)13-8-17)23(28)26(19-10-11-19)15-18-5-3-4-6-21(18)24/h3-9,12-14,16,19H,10-11,15H2,1-2H3,(H,25,27)/b14-9+. The van der Waals surface area contributed by atoms with Crippen LogP contribution in [0.3, 0.4) is 0 Å². The quantitative estimate of drug-likeness (QED) is 0.695. The molecule has 2 aromatic carbocycles. The van der Waals surface area contributed by atoms with Crippen LogP contribution in [-0.2, 0) is 16.1 Å². The highest BCUT2D eigenvalue weighted by Gasteiger charge is 2.35. The van der Waals surface area contributed by atoms with Gasteiger partial charge in [-0.15, -0.1) is 0 Å². The zero-order valence-electron chi connectivity index (χ0n) is 16.6. The number of benzene rings is 2. The predicted molar refractivity (Wildman–Crippen MR) is 110 cm³/mol. The summed E-state index contributed by atoms with van der Waals surface area (Å²) in [7, 11) is 1.59. The molecule has 29 heavy (non-hydrogen) atoms. The number of nitrogens with zero attached hydrogens (tertiary/aromatic N) is 1. The summed E-state index contributed by atoms with van der Waals surface area (Å²) in [5, 5.41) is 2.70. The van der Waals surface area contributed by atoms with Gasteiger partial charge in [0.25, 0.3) is 0 Å². The van der Waals surface area contributed by atoms with Crippen molar-refractivity contribution >= 4 is 17.9 Å². The third-order valence-electron chi connectivity index (χ3n) is 4.84. The van der Waals surface area contributed by atoms with Crippen molar-refractivity contribution in [2.45, 2.75) is 38.4 Å². The smallest absolute Gasteiger partial charge is 0.245 e. The summed E-state index contributed by atoms with van der Waals surface area (Å²) in [6.07, 6.45) is 4.87. The Kier molecular flexibility index (Phi) is 6.65. The molecule has 1 atom stereocenters. The maximum Gasteiger partial charge on any atom is 0.245 e. The molecule has 0 aliphatic heterocycles. The lowest BCUT2D eigenvalue weighted by atomic mass is 10.1.